The van der Waals surface area contributed by atoms with Crippen LogP contribution in [0.2, 0.25) is 0 Å². The summed E-state index contributed by atoms with van der Waals surface area (Å²) in [6.45, 7) is 7.84. The summed E-state index contributed by atoms with van der Waals surface area (Å²) in [5.41, 5.74) is 2.33. The van der Waals surface area contributed by atoms with Gasteiger partial charge in [0.15, 0.2) is 11.5 Å². The predicted octanol–water partition coefficient (Wildman–Crippen LogP) is 3.15. The minimum atomic E-state index is 0.494. The molecule has 0 bridgehead atoms. The molecular formula is C17H28N2O2. The van der Waals surface area contributed by atoms with Crippen molar-refractivity contribution < 1.29 is 9.47 Å². The van der Waals surface area contributed by atoms with E-state index >= 15 is 0 Å². The minimum absolute atomic E-state index is 0.494. The fourth-order valence-electron chi connectivity index (χ4n) is 3.08. The average Bonchev–Trinajstić information content (AvgIpc) is 2.46. The van der Waals surface area contributed by atoms with Crippen LogP contribution in [-0.2, 0) is 0 Å². The Morgan fingerprint density at radius 1 is 1.14 bits per heavy atom. The molecule has 3 unspecified atom stereocenters. The predicted molar refractivity (Wildman–Crippen MR) is 87.6 cm³/mol. The van der Waals surface area contributed by atoms with E-state index in [2.05, 4.69) is 38.0 Å². The Bertz CT molecular complexity index is 490. The second kappa shape index (κ2) is 6.56. The van der Waals surface area contributed by atoms with Crippen LogP contribution < -0.4 is 14.8 Å². The molecule has 0 aromatic heterocycles. The van der Waals surface area contributed by atoms with E-state index in [1.54, 1.807) is 14.2 Å². The molecule has 0 spiro atoms. The molecule has 1 fully saturated rings. The Morgan fingerprint density at radius 2 is 1.76 bits per heavy atom. The van der Waals surface area contributed by atoms with Gasteiger partial charge in [-0.15, -0.1) is 0 Å². The topological polar surface area (TPSA) is 33.7 Å². The van der Waals surface area contributed by atoms with Gasteiger partial charge in [0.05, 0.1) is 14.2 Å². The van der Waals surface area contributed by atoms with E-state index in [9.17, 15) is 0 Å². The second-order valence-electron chi connectivity index (χ2n) is 6.27. The van der Waals surface area contributed by atoms with Gasteiger partial charge >= 0.3 is 0 Å². The molecule has 1 N–H and O–H groups in total. The van der Waals surface area contributed by atoms with Crippen molar-refractivity contribution in [3.05, 3.63) is 17.7 Å². The lowest BCUT2D eigenvalue weighted by molar-refractivity contribution is 0.145. The molecule has 4 heteroatoms. The molecule has 1 aromatic rings. The Morgan fingerprint density at radius 3 is 2.38 bits per heavy atom. The van der Waals surface area contributed by atoms with Crippen LogP contribution >= 0.6 is 0 Å². The SMILES string of the molecule is COc1cc(C)c(NC2CC(C)N(C)CC2C)cc1OC. The number of hydrogen-bond acceptors (Lipinski definition) is 4. The molecule has 0 radical (unpaired) electrons. The molecule has 0 aliphatic carbocycles. The summed E-state index contributed by atoms with van der Waals surface area (Å²) in [5, 5.41) is 3.71. The summed E-state index contributed by atoms with van der Waals surface area (Å²) in [4.78, 5) is 2.43. The summed E-state index contributed by atoms with van der Waals surface area (Å²) in [6.07, 6.45) is 1.16. The van der Waals surface area contributed by atoms with Crippen molar-refractivity contribution >= 4 is 5.69 Å². The van der Waals surface area contributed by atoms with Gasteiger partial charge < -0.3 is 19.7 Å². The normalized spacial score (nSPS) is 26.5. The lowest BCUT2D eigenvalue weighted by Crippen LogP contribution is -2.48. The third kappa shape index (κ3) is 3.43. The smallest absolute Gasteiger partial charge is 0.162 e. The van der Waals surface area contributed by atoms with Gasteiger partial charge in [-0.3, -0.25) is 0 Å². The monoisotopic (exact) mass is 292 g/mol. The highest BCUT2D eigenvalue weighted by molar-refractivity contribution is 5.60. The lowest BCUT2D eigenvalue weighted by atomic mass is 9.89. The van der Waals surface area contributed by atoms with E-state index in [4.69, 9.17) is 9.47 Å². The molecule has 3 atom stereocenters. The lowest BCUT2D eigenvalue weighted by Gasteiger charge is -2.40. The van der Waals surface area contributed by atoms with Gasteiger partial charge in [0.1, 0.15) is 0 Å². The van der Waals surface area contributed by atoms with Crippen LogP contribution in [-0.4, -0.2) is 44.8 Å². The van der Waals surface area contributed by atoms with Crippen LogP contribution in [0.5, 0.6) is 11.5 Å². The number of hydrogen-bond donors (Lipinski definition) is 1. The third-order valence-electron chi connectivity index (χ3n) is 4.68. The molecule has 0 saturated carbocycles. The van der Waals surface area contributed by atoms with E-state index < -0.39 is 0 Å². The fourth-order valence-corrected chi connectivity index (χ4v) is 3.08. The highest BCUT2D eigenvalue weighted by Crippen LogP contribution is 2.34. The summed E-state index contributed by atoms with van der Waals surface area (Å²) >= 11 is 0. The first-order chi connectivity index (χ1) is 9.96. The third-order valence-corrected chi connectivity index (χ3v) is 4.68. The van der Waals surface area contributed by atoms with Crippen molar-refractivity contribution in [3.63, 3.8) is 0 Å². The number of benzene rings is 1. The largest absolute Gasteiger partial charge is 0.493 e. The van der Waals surface area contributed by atoms with Crippen LogP contribution in [0.4, 0.5) is 5.69 Å². The maximum Gasteiger partial charge on any atom is 0.162 e. The van der Waals surface area contributed by atoms with Crippen molar-refractivity contribution in [3.8, 4) is 11.5 Å². The quantitative estimate of drug-likeness (QED) is 0.924. The van der Waals surface area contributed by atoms with Gasteiger partial charge in [-0.25, -0.2) is 0 Å². The minimum Gasteiger partial charge on any atom is -0.493 e. The first-order valence-corrected chi connectivity index (χ1v) is 7.65. The molecular weight excluding hydrogens is 264 g/mol. The van der Waals surface area contributed by atoms with Crippen molar-refractivity contribution in [2.45, 2.75) is 39.3 Å². The van der Waals surface area contributed by atoms with Crippen LogP contribution in [0.3, 0.4) is 0 Å². The summed E-state index contributed by atoms with van der Waals surface area (Å²) in [7, 11) is 5.56. The van der Waals surface area contributed by atoms with E-state index in [1.165, 1.54) is 5.56 Å². The summed E-state index contributed by atoms with van der Waals surface area (Å²) < 4.78 is 10.8. The number of likely N-dealkylation sites (tertiary alicyclic amines) is 1. The summed E-state index contributed by atoms with van der Waals surface area (Å²) in [5.74, 6) is 2.18. The highest BCUT2D eigenvalue weighted by Gasteiger charge is 2.29. The molecule has 1 aliphatic rings. The Balaban J connectivity index is 2.19. The maximum atomic E-state index is 5.41. The van der Waals surface area contributed by atoms with Crippen LogP contribution in [0, 0.1) is 12.8 Å². The van der Waals surface area contributed by atoms with E-state index in [0.717, 1.165) is 30.2 Å². The zero-order chi connectivity index (χ0) is 15.6. The van der Waals surface area contributed by atoms with Gasteiger partial charge in [-0.1, -0.05) is 6.92 Å². The molecule has 0 amide bonds. The number of ether oxygens (including phenoxy) is 2. The van der Waals surface area contributed by atoms with Crippen LogP contribution in [0.15, 0.2) is 12.1 Å². The van der Waals surface area contributed by atoms with Crippen LogP contribution in [0.25, 0.3) is 0 Å². The molecule has 118 valence electrons. The molecule has 1 aliphatic heterocycles. The van der Waals surface area contributed by atoms with Crippen molar-refractivity contribution in [1.29, 1.82) is 0 Å². The maximum absolute atomic E-state index is 5.41. The van der Waals surface area contributed by atoms with Gasteiger partial charge in [0.2, 0.25) is 0 Å². The van der Waals surface area contributed by atoms with E-state index in [1.807, 2.05) is 12.1 Å². The van der Waals surface area contributed by atoms with Crippen LogP contribution in [0.1, 0.15) is 25.8 Å². The van der Waals surface area contributed by atoms with Crippen molar-refractivity contribution in [2.75, 3.05) is 33.1 Å². The van der Waals surface area contributed by atoms with Gasteiger partial charge in [0, 0.05) is 30.4 Å². The number of methoxy groups -OCH3 is 2. The Labute approximate surface area is 128 Å². The van der Waals surface area contributed by atoms with Crippen molar-refractivity contribution in [1.82, 2.24) is 4.90 Å². The zero-order valence-corrected chi connectivity index (χ0v) is 14.1. The fraction of sp³-hybridized carbons (Fsp3) is 0.647. The number of nitrogens with zero attached hydrogens (tertiary/aromatic N) is 1. The second-order valence-corrected chi connectivity index (χ2v) is 6.27. The van der Waals surface area contributed by atoms with E-state index in [-0.39, 0.29) is 0 Å². The van der Waals surface area contributed by atoms with Gasteiger partial charge in [-0.2, -0.15) is 0 Å². The average molecular weight is 292 g/mol. The Kier molecular flexibility index (Phi) is 4.99. The number of piperidine rings is 1. The molecule has 1 saturated heterocycles. The number of aryl methyl sites for hydroxylation is 1. The van der Waals surface area contributed by atoms with E-state index in [0.29, 0.717) is 18.0 Å². The molecule has 1 aromatic carbocycles. The van der Waals surface area contributed by atoms with Gasteiger partial charge in [0.25, 0.3) is 0 Å². The highest BCUT2D eigenvalue weighted by atomic mass is 16.5. The molecule has 2 rings (SSSR count). The number of nitrogens with one attached hydrogen (secondary N) is 1. The molecule has 4 nitrogen and oxygen atoms in total. The first kappa shape index (κ1) is 16.0. The number of rotatable bonds is 4. The zero-order valence-electron chi connectivity index (χ0n) is 14.1. The molecule has 21 heavy (non-hydrogen) atoms. The summed E-state index contributed by atoms with van der Waals surface area (Å²) in [6, 6.07) is 5.18. The molecule has 1 heterocycles. The number of anilines is 1. The van der Waals surface area contributed by atoms with Gasteiger partial charge in [-0.05, 0) is 44.9 Å². The Hall–Kier alpha value is -1.42. The standard InChI is InChI=1S/C17H28N2O2/c1-11-7-16(20-5)17(21-6)9-15(11)18-14-8-13(3)19(4)10-12(14)2/h7,9,12-14,18H,8,10H2,1-6H3. The van der Waals surface area contributed by atoms with Crippen molar-refractivity contribution in [2.24, 2.45) is 5.92 Å². The first-order valence-electron chi connectivity index (χ1n) is 7.65.